The van der Waals surface area contributed by atoms with Gasteiger partial charge in [0.2, 0.25) is 5.91 Å². The summed E-state index contributed by atoms with van der Waals surface area (Å²) in [7, 11) is 1.88. The number of rotatable bonds is 6. The fourth-order valence-electron chi connectivity index (χ4n) is 3.73. The standard InChI is InChI=1S/C24H27N5O2/c1-18(29-11-13-31-14-12-29)19-3-6-22(7-4-19)27-24(30)8-5-20-15-25-10-9-23(20)21-16-26-28(2)17-21/h3-10,15-18H,11-14H2,1-2H3,(H,27,30)/b8-5+. The van der Waals surface area contributed by atoms with Crippen molar-refractivity contribution in [1.29, 1.82) is 0 Å². The fourth-order valence-corrected chi connectivity index (χ4v) is 3.73. The molecule has 3 aromatic rings. The van der Waals surface area contributed by atoms with Crippen LogP contribution in [-0.4, -0.2) is 51.9 Å². The number of amides is 1. The highest BCUT2D eigenvalue weighted by atomic mass is 16.5. The van der Waals surface area contributed by atoms with Crippen LogP contribution in [0.25, 0.3) is 17.2 Å². The van der Waals surface area contributed by atoms with E-state index in [9.17, 15) is 4.79 Å². The molecule has 160 valence electrons. The van der Waals surface area contributed by atoms with E-state index < -0.39 is 0 Å². The van der Waals surface area contributed by atoms with Crippen molar-refractivity contribution in [2.24, 2.45) is 7.05 Å². The zero-order valence-electron chi connectivity index (χ0n) is 17.9. The number of ether oxygens (including phenoxy) is 1. The molecular weight excluding hydrogens is 390 g/mol. The Morgan fingerprint density at radius 1 is 1.16 bits per heavy atom. The molecule has 0 saturated carbocycles. The van der Waals surface area contributed by atoms with E-state index >= 15 is 0 Å². The van der Waals surface area contributed by atoms with Gasteiger partial charge >= 0.3 is 0 Å². The Morgan fingerprint density at radius 3 is 2.65 bits per heavy atom. The molecule has 1 amide bonds. The second kappa shape index (κ2) is 9.68. The molecule has 0 aliphatic carbocycles. The molecule has 7 heteroatoms. The first kappa shape index (κ1) is 21.0. The lowest BCUT2D eigenvalue weighted by Gasteiger charge is -2.32. The zero-order chi connectivity index (χ0) is 21.6. The average molecular weight is 418 g/mol. The maximum Gasteiger partial charge on any atom is 0.248 e. The second-order valence-corrected chi connectivity index (χ2v) is 7.63. The van der Waals surface area contributed by atoms with E-state index in [4.69, 9.17) is 4.74 Å². The van der Waals surface area contributed by atoms with Crippen LogP contribution in [0.2, 0.25) is 0 Å². The van der Waals surface area contributed by atoms with Crippen LogP contribution >= 0.6 is 0 Å². The molecule has 7 nitrogen and oxygen atoms in total. The molecule has 0 bridgehead atoms. The molecule has 0 radical (unpaired) electrons. The van der Waals surface area contributed by atoms with E-state index in [1.165, 1.54) is 11.6 Å². The summed E-state index contributed by atoms with van der Waals surface area (Å²) in [5.74, 6) is -0.185. The largest absolute Gasteiger partial charge is 0.379 e. The van der Waals surface area contributed by atoms with Gasteiger partial charge in [-0.25, -0.2) is 0 Å². The van der Waals surface area contributed by atoms with Gasteiger partial charge in [-0.1, -0.05) is 12.1 Å². The minimum absolute atomic E-state index is 0.185. The number of carbonyl (C=O) groups is 1. The van der Waals surface area contributed by atoms with Crippen molar-refractivity contribution in [3.05, 3.63) is 72.3 Å². The summed E-state index contributed by atoms with van der Waals surface area (Å²) >= 11 is 0. The van der Waals surface area contributed by atoms with E-state index in [0.29, 0.717) is 6.04 Å². The van der Waals surface area contributed by atoms with Crippen molar-refractivity contribution in [2.45, 2.75) is 13.0 Å². The molecule has 1 aliphatic heterocycles. The molecule has 1 N–H and O–H groups in total. The first-order valence-electron chi connectivity index (χ1n) is 10.4. The Morgan fingerprint density at radius 2 is 1.94 bits per heavy atom. The van der Waals surface area contributed by atoms with E-state index in [1.807, 2.05) is 31.4 Å². The molecule has 2 aromatic heterocycles. The Balaban J connectivity index is 1.40. The van der Waals surface area contributed by atoms with Gasteiger partial charge in [0.05, 0.1) is 19.4 Å². The Labute approximate surface area is 182 Å². The number of hydrogen-bond acceptors (Lipinski definition) is 5. The van der Waals surface area contributed by atoms with Crippen molar-refractivity contribution >= 4 is 17.7 Å². The summed E-state index contributed by atoms with van der Waals surface area (Å²) in [6.45, 7) is 5.66. The van der Waals surface area contributed by atoms with Crippen molar-refractivity contribution in [2.75, 3.05) is 31.6 Å². The van der Waals surface area contributed by atoms with Gasteiger partial charge in [-0.3, -0.25) is 19.4 Å². The highest BCUT2D eigenvalue weighted by molar-refractivity contribution is 6.02. The minimum atomic E-state index is -0.185. The van der Waals surface area contributed by atoms with Gasteiger partial charge in [0.1, 0.15) is 0 Å². The fraction of sp³-hybridized carbons (Fsp3) is 0.292. The van der Waals surface area contributed by atoms with E-state index in [0.717, 1.165) is 48.7 Å². The van der Waals surface area contributed by atoms with Crippen molar-refractivity contribution in [3.8, 4) is 11.1 Å². The average Bonchev–Trinajstić information content (AvgIpc) is 3.24. The van der Waals surface area contributed by atoms with E-state index in [2.05, 4.69) is 39.4 Å². The number of benzene rings is 1. The predicted octanol–water partition coefficient (Wildman–Crippen LogP) is 3.53. The van der Waals surface area contributed by atoms with Crippen LogP contribution < -0.4 is 5.32 Å². The quantitative estimate of drug-likeness (QED) is 0.621. The summed E-state index contributed by atoms with van der Waals surface area (Å²) < 4.78 is 7.18. The number of hydrogen-bond donors (Lipinski definition) is 1. The van der Waals surface area contributed by atoms with E-state index in [1.54, 1.807) is 29.3 Å². The Bertz CT molecular complexity index is 1050. The first-order chi connectivity index (χ1) is 15.1. The van der Waals surface area contributed by atoms with Crippen molar-refractivity contribution in [1.82, 2.24) is 19.7 Å². The summed E-state index contributed by atoms with van der Waals surface area (Å²) in [5, 5.41) is 7.14. The van der Waals surface area contributed by atoms with Crippen molar-refractivity contribution < 1.29 is 9.53 Å². The molecule has 3 heterocycles. The third-order valence-corrected chi connectivity index (χ3v) is 5.54. The summed E-state index contributed by atoms with van der Waals surface area (Å²) in [6, 6.07) is 10.3. The van der Waals surface area contributed by atoms with Gasteiger partial charge in [0.25, 0.3) is 0 Å². The van der Waals surface area contributed by atoms with Gasteiger partial charge in [0.15, 0.2) is 0 Å². The summed E-state index contributed by atoms with van der Waals surface area (Å²) in [5.41, 5.74) is 4.82. The van der Waals surface area contributed by atoms with Gasteiger partial charge in [-0.15, -0.1) is 0 Å². The Hall–Kier alpha value is -3.29. The van der Waals surface area contributed by atoms with E-state index in [-0.39, 0.29) is 5.91 Å². The predicted molar refractivity (Wildman–Crippen MR) is 121 cm³/mol. The molecule has 1 fully saturated rings. The monoisotopic (exact) mass is 417 g/mol. The number of pyridine rings is 1. The van der Waals surface area contributed by atoms with Crippen LogP contribution in [0.15, 0.2) is 61.2 Å². The maximum absolute atomic E-state index is 12.4. The molecule has 1 aliphatic rings. The van der Waals surface area contributed by atoms with Gasteiger partial charge in [-0.2, -0.15) is 5.10 Å². The molecule has 0 spiro atoms. The molecule has 31 heavy (non-hydrogen) atoms. The highest BCUT2D eigenvalue weighted by Gasteiger charge is 2.18. The summed E-state index contributed by atoms with van der Waals surface area (Å²) in [6.07, 6.45) is 10.5. The van der Waals surface area contributed by atoms with Crippen LogP contribution in [0.3, 0.4) is 0 Å². The number of anilines is 1. The van der Waals surface area contributed by atoms with Crippen LogP contribution in [0.1, 0.15) is 24.1 Å². The van der Waals surface area contributed by atoms with Crippen LogP contribution in [-0.2, 0) is 16.6 Å². The highest BCUT2D eigenvalue weighted by Crippen LogP contribution is 2.24. The molecule has 1 aromatic carbocycles. The molecule has 1 unspecified atom stereocenters. The molecular formula is C24H27N5O2. The number of aromatic nitrogens is 3. The number of aryl methyl sites for hydroxylation is 1. The Kier molecular flexibility index (Phi) is 6.54. The second-order valence-electron chi connectivity index (χ2n) is 7.63. The lowest BCUT2D eigenvalue weighted by atomic mass is 10.0. The minimum Gasteiger partial charge on any atom is -0.379 e. The molecule has 1 atom stereocenters. The third kappa shape index (κ3) is 5.25. The number of nitrogens with zero attached hydrogens (tertiary/aromatic N) is 4. The third-order valence-electron chi connectivity index (χ3n) is 5.54. The zero-order valence-corrected chi connectivity index (χ0v) is 17.9. The lowest BCUT2D eigenvalue weighted by molar-refractivity contribution is -0.111. The number of morpholine rings is 1. The van der Waals surface area contributed by atoms with Crippen molar-refractivity contribution in [3.63, 3.8) is 0 Å². The van der Waals surface area contributed by atoms with Gasteiger partial charge in [0, 0.05) is 67.7 Å². The first-order valence-corrected chi connectivity index (χ1v) is 10.4. The molecule has 4 rings (SSSR count). The molecule has 1 saturated heterocycles. The smallest absolute Gasteiger partial charge is 0.248 e. The topological polar surface area (TPSA) is 72.3 Å². The van der Waals surface area contributed by atoms with Crippen LogP contribution in [0.4, 0.5) is 5.69 Å². The lowest BCUT2D eigenvalue weighted by Crippen LogP contribution is -2.37. The van der Waals surface area contributed by atoms with Gasteiger partial charge in [-0.05, 0) is 42.3 Å². The van der Waals surface area contributed by atoms with Crippen LogP contribution in [0, 0.1) is 0 Å². The number of carbonyl (C=O) groups excluding carboxylic acids is 1. The normalized spacial score (nSPS) is 15.8. The summed E-state index contributed by atoms with van der Waals surface area (Å²) in [4.78, 5) is 19.0. The SMILES string of the molecule is CC(c1ccc(NC(=O)/C=C/c2cnccc2-c2cnn(C)c2)cc1)N1CCOCC1. The number of nitrogens with one attached hydrogen (secondary N) is 1. The maximum atomic E-state index is 12.4. The van der Waals surface area contributed by atoms with Gasteiger partial charge < -0.3 is 10.1 Å². The van der Waals surface area contributed by atoms with Crippen LogP contribution in [0.5, 0.6) is 0 Å².